The summed E-state index contributed by atoms with van der Waals surface area (Å²) in [5.41, 5.74) is 3.74. The molecule has 0 radical (unpaired) electrons. The number of anilines is 1. The number of urea groups is 1. The molecule has 1 N–H and O–H groups in total. The number of aryl methyl sites for hydroxylation is 1. The van der Waals surface area contributed by atoms with Crippen LogP contribution < -0.4 is 10.2 Å². The number of amides is 2. The van der Waals surface area contributed by atoms with Crippen LogP contribution in [0.2, 0.25) is 5.02 Å². The van der Waals surface area contributed by atoms with Crippen molar-refractivity contribution in [3.8, 4) is 11.4 Å². The lowest BCUT2D eigenvalue weighted by molar-refractivity contribution is 0.244. The van der Waals surface area contributed by atoms with E-state index in [2.05, 4.69) is 15.5 Å². The van der Waals surface area contributed by atoms with Crippen LogP contribution in [0.5, 0.6) is 0 Å². The molecule has 1 aliphatic heterocycles. The summed E-state index contributed by atoms with van der Waals surface area (Å²) in [6.07, 6.45) is 0. The van der Waals surface area contributed by atoms with Crippen molar-refractivity contribution in [1.82, 2.24) is 15.5 Å². The first-order valence-electron chi connectivity index (χ1n) is 10.6. The van der Waals surface area contributed by atoms with Crippen molar-refractivity contribution >= 4 is 28.9 Å². The third kappa shape index (κ3) is 3.95. The van der Waals surface area contributed by atoms with Gasteiger partial charge in [0.05, 0.1) is 17.3 Å². The SMILES string of the molecule is CC1=C(c2nc(-c3ccccc3)no2)C(c2cccc(Cl)c2)NC(=O)N1c1ccc(F)c(C)c1. The van der Waals surface area contributed by atoms with Crippen molar-refractivity contribution in [2.24, 2.45) is 0 Å². The number of carbonyl (C=O) groups excluding carboxylic acids is 1. The Morgan fingerprint density at radius 1 is 1.03 bits per heavy atom. The quantitative estimate of drug-likeness (QED) is 0.364. The first-order chi connectivity index (χ1) is 16.4. The molecule has 0 bridgehead atoms. The Balaban J connectivity index is 1.67. The zero-order chi connectivity index (χ0) is 23.8. The number of rotatable bonds is 4. The molecule has 6 nitrogen and oxygen atoms in total. The molecule has 2 amide bonds. The highest BCUT2D eigenvalue weighted by Crippen LogP contribution is 2.39. The molecule has 5 rings (SSSR count). The number of hydrogen-bond acceptors (Lipinski definition) is 4. The highest BCUT2D eigenvalue weighted by atomic mass is 35.5. The molecule has 1 atom stereocenters. The van der Waals surface area contributed by atoms with Crippen molar-refractivity contribution in [2.45, 2.75) is 19.9 Å². The third-order valence-corrected chi connectivity index (χ3v) is 5.99. The fourth-order valence-corrected chi connectivity index (χ4v) is 4.27. The van der Waals surface area contributed by atoms with E-state index in [1.165, 1.54) is 11.0 Å². The number of carbonyl (C=O) groups is 1. The molecule has 3 aromatic carbocycles. The van der Waals surface area contributed by atoms with E-state index in [4.69, 9.17) is 16.1 Å². The summed E-state index contributed by atoms with van der Waals surface area (Å²) >= 11 is 6.25. The molecule has 4 aromatic rings. The highest BCUT2D eigenvalue weighted by molar-refractivity contribution is 6.30. The molecule has 0 fully saturated rings. The van der Waals surface area contributed by atoms with Gasteiger partial charge >= 0.3 is 6.03 Å². The number of aromatic nitrogens is 2. The molecule has 0 spiro atoms. The lowest BCUT2D eigenvalue weighted by atomic mass is 9.94. The standard InChI is InChI=1S/C26H20ClFN4O2/c1-15-13-20(11-12-21(15)28)32-16(2)22(23(29-26(32)33)18-9-6-10-19(27)14-18)25-30-24(31-34-25)17-7-4-3-5-8-17/h3-14,23H,1-2H3,(H,29,33). The molecule has 34 heavy (non-hydrogen) atoms. The van der Waals surface area contributed by atoms with E-state index >= 15 is 0 Å². The number of allylic oxidation sites excluding steroid dienone is 1. The van der Waals surface area contributed by atoms with Gasteiger partial charge in [-0.05, 0) is 55.3 Å². The summed E-state index contributed by atoms with van der Waals surface area (Å²) in [5, 5.41) is 7.71. The van der Waals surface area contributed by atoms with Crippen LogP contribution in [0.15, 0.2) is 83.0 Å². The maximum atomic E-state index is 13.9. The second-order valence-corrected chi connectivity index (χ2v) is 8.43. The van der Waals surface area contributed by atoms with Crippen LogP contribution in [0.1, 0.15) is 30.0 Å². The van der Waals surface area contributed by atoms with E-state index in [0.717, 1.165) is 11.1 Å². The minimum Gasteiger partial charge on any atom is -0.334 e. The highest BCUT2D eigenvalue weighted by Gasteiger charge is 2.36. The van der Waals surface area contributed by atoms with E-state index in [1.54, 1.807) is 38.1 Å². The predicted octanol–water partition coefficient (Wildman–Crippen LogP) is 6.54. The Bertz CT molecular complexity index is 1420. The second kappa shape index (κ2) is 8.76. The van der Waals surface area contributed by atoms with E-state index in [0.29, 0.717) is 33.4 Å². The van der Waals surface area contributed by atoms with Crippen molar-refractivity contribution in [2.75, 3.05) is 4.90 Å². The van der Waals surface area contributed by atoms with Gasteiger partial charge in [-0.2, -0.15) is 4.98 Å². The van der Waals surface area contributed by atoms with E-state index in [-0.39, 0.29) is 17.7 Å². The van der Waals surface area contributed by atoms with Crippen LogP contribution in [0.25, 0.3) is 17.0 Å². The van der Waals surface area contributed by atoms with Crippen LogP contribution in [0.3, 0.4) is 0 Å². The van der Waals surface area contributed by atoms with E-state index < -0.39 is 6.04 Å². The molecule has 1 aromatic heterocycles. The topological polar surface area (TPSA) is 71.3 Å². The maximum absolute atomic E-state index is 13.9. The van der Waals surface area contributed by atoms with Crippen LogP contribution in [0.4, 0.5) is 14.9 Å². The lowest BCUT2D eigenvalue weighted by Gasteiger charge is -2.35. The van der Waals surface area contributed by atoms with Crippen molar-refractivity contribution < 1.29 is 13.7 Å². The largest absolute Gasteiger partial charge is 0.334 e. The average Bonchev–Trinajstić information content (AvgIpc) is 3.31. The summed E-state index contributed by atoms with van der Waals surface area (Å²) < 4.78 is 19.6. The van der Waals surface area contributed by atoms with Gasteiger partial charge in [0.15, 0.2) is 0 Å². The van der Waals surface area contributed by atoms with Gasteiger partial charge < -0.3 is 9.84 Å². The molecular weight excluding hydrogens is 455 g/mol. The Morgan fingerprint density at radius 3 is 2.56 bits per heavy atom. The molecule has 2 heterocycles. The molecule has 0 saturated carbocycles. The minimum absolute atomic E-state index is 0.269. The zero-order valence-electron chi connectivity index (χ0n) is 18.4. The third-order valence-electron chi connectivity index (χ3n) is 5.75. The van der Waals surface area contributed by atoms with Crippen molar-refractivity contribution in [1.29, 1.82) is 0 Å². The predicted molar refractivity (Wildman–Crippen MR) is 129 cm³/mol. The van der Waals surface area contributed by atoms with Gasteiger partial charge in [0.2, 0.25) is 5.82 Å². The first kappa shape index (κ1) is 21.9. The summed E-state index contributed by atoms with van der Waals surface area (Å²) in [6, 6.07) is 20.3. The Kier molecular flexibility index (Phi) is 5.63. The number of benzene rings is 3. The van der Waals surface area contributed by atoms with Crippen LogP contribution in [-0.4, -0.2) is 16.2 Å². The van der Waals surface area contributed by atoms with Crippen molar-refractivity contribution in [3.63, 3.8) is 0 Å². The molecule has 0 saturated heterocycles. The van der Waals surface area contributed by atoms with Gasteiger partial charge in [-0.25, -0.2) is 9.18 Å². The second-order valence-electron chi connectivity index (χ2n) is 7.99. The van der Waals surface area contributed by atoms with E-state index in [9.17, 15) is 9.18 Å². The molecule has 8 heteroatoms. The summed E-state index contributed by atoms with van der Waals surface area (Å²) in [4.78, 5) is 19.4. The molecular formula is C26H20ClFN4O2. The maximum Gasteiger partial charge on any atom is 0.326 e. The van der Waals surface area contributed by atoms with Gasteiger partial charge in [0.1, 0.15) is 5.82 Å². The van der Waals surface area contributed by atoms with Crippen LogP contribution in [-0.2, 0) is 0 Å². The molecule has 0 aliphatic carbocycles. The monoisotopic (exact) mass is 474 g/mol. The van der Waals surface area contributed by atoms with Gasteiger partial charge in [0, 0.05) is 16.3 Å². The summed E-state index contributed by atoms with van der Waals surface area (Å²) in [6.45, 7) is 3.45. The van der Waals surface area contributed by atoms with Crippen LogP contribution >= 0.6 is 11.6 Å². The Hall–Kier alpha value is -3.97. The molecule has 170 valence electrons. The number of nitrogens with one attached hydrogen (secondary N) is 1. The fraction of sp³-hybridized carbons (Fsp3) is 0.115. The number of hydrogen-bond donors (Lipinski definition) is 1. The van der Waals surface area contributed by atoms with Gasteiger partial charge in [-0.1, -0.05) is 59.2 Å². The summed E-state index contributed by atoms with van der Waals surface area (Å²) in [5.74, 6) is 0.358. The van der Waals surface area contributed by atoms with E-state index in [1.807, 2.05) is 42.5 Å². The Morgan fingerprint density at radius 2 is 1.82 bits per heavy atom. The van der Waals surface area contributed by atoms with Gasteiger partial charge in [0.25, 0.3) is 5.89 Å². The molecule has 1 aliphatic rings. The fourth-order valence-electron chi connectivity index (χ4n) is 4.07. The van der Waals surface area contributed by atoms with Crippen LogP contribution in [0, 0.1) is 12.7 Å². The lowest BCUT2D eigenvalue weighted by Crippen LogP contribution is -2.46. The van der Waals surface area contributed by atoms with Gasteiger partial charge in [-0.15, -0.1) is 0 Å². The smallest absolute Gasteiger partial charge is 0.326 e. The number of halogens is 2. The molecule has 1 unspecified atom stereocenters. The zero-order valence-corrected chi connectivity index (χ0v) is 19.2. The Labute approximate surface area is 200 Å². The minimum atomic E-state index is -0.576. The summed E-state index contributed by atoms with van der Waals surface area (Å²) in [7, 11) is 0. The van der Waals surface area contributed by atoms with Crippen molar-refractivity contribution in [3.05, 3.63) is 106 Å². The average molecular weight is 475 g/mol. The number of nitrogens with zero attached hydrogens (tertiary/aromatic N) is 3. The van der Waals surface area contributed by atoms with Gasteiger partial charge in [-0.3, -0.25) is 4.90 Å². The first-order valence-corrected chi connectivity index (χ1v) is 11.0. The normalized spacial score (nSPS) is 16.1.